The number of unbranched alkanes of at least 4 members (excludes halogenated alkanes) is 22. The lowest BCUT2D eigenvalue weighted by molar-refractivity contribution is -0.161. The Balaban J connectivity index is 1.23. The molecule has 430 valence electrons. The number of hydrogen-bond donors (Lipinski definition) is 4. The molecule has 1 heterocycles. The number of carboxylic acids is 1. The van der Waals surface area contributed by atoms with Crippen molar-refractivity contribution < 1.29 is 61.8 Å². The number of phosphoric ester groups is 1. The van der Waals surface area contributed by atoms with E-state index in [-0.39, 0.29) is 65.2 Å². The fraction of sp³-hybridized carbons (Fsp3) is 0.565. The van der Waals surface area contributed by atoms with Gasteiger partial charge < -0.3 is 34.3 Å². The first-order valence-corrected chi connectivity index (χ1v) is 30.4. The molecule has 1 aliphatic heterocycles. The number of carbonyl (C=O) groups excluding carboxylic acids is 3. The second-order valence-corrected chi connectivity index (χ2v) is 21.7. The van der Waals surface area contributed by atoms with Crippen molar-refractivity contribution in [3.8, 4) is 28.2 Å². The van der Waals surface area contributed by atoms with E-state index in [1.165, 1.54) is 126 Å². The predicted molar refractivity (Wildman–Crippen MR) is 307 cm³/mol. The van der Waals surface area contributed by atoms with Gasteiger partial charge in [-0.15, -0.1) is 0 Å². The number of esters is 2. The molecule has 0 aromatic heterocycles. The third kappa shape index (κ3) is 25.9. The van der Waals surface area contributed by atoms with E-state index in [0.717, 1.165) is 77.0 Å². The zero-order chi connectivity index (χ0) is 56.2. The van der Waals surface area contributed by atoms with E-state index >= 15 is 0 Å². The standard InChI is InChI=1S/C62H88NO14P/c1-3-5-7-9-11-13-15-17-19-21-23-25-27-29-31-33-58(66)73-46-51(76-59(67)34-32-30-28-26-24-22-20-18-16-14-12-10-8-6-4-2)47-75-78(71,72)74-42-41-63-61(68)48-35-38-52(55(43-48)62(69)70)60-53-39-36-49(64)44-56(53)77-57-45-50(65)37-40-54(57)60/h17-20,35-40,43-45,51,64H,3-16,21-34,41-42,46-47H2,1-2H3,(H,63,68)(H,69,70)(H,71,72)/b19-17-,20-18-. The van der Waals surface area contributed by atoms with Crippen molar-refractivity contribution in [2.24, 2.45) is 0 Å². The molecule has 2 aliphatic rings. The van der Waals surface area contributed by atoms with Crippen LogP contribution in [0.1, 0.15) is 214 Å². The van der Waals surface area contributed by atoms with Crippen LogP contribution >= 0.6 is 7.82 Å². The molecule has 0 spiro atoms. The number of fused-ring (bicyclic) bond motifs is 2. The number of aromatic hydroxyl groups is 1. The molecule has 4 N–H and O–H groups in total. The molecular weight excluding hydrogens is 1010 g/mol. The molecule has 0 fully saturated rings. The molecule has 2 atom stereocenters. The van der Waals surface area contributed by atoms with Crippen molar-refractivity contribution in [1.82, 2.24) is 5.32 Å². The van der Waals surface area contributed by atoms with Crippen LogP contribution in [0.4, 0.5) is 0 Å². The summed E-state index contributed by atoms with van der Waals surface area (Å²) in [5.74, 6) is -3.01. The number of carbonyl (C=O) groups is 4. The minimum Gasteiger partial charge on any atom is -0.508 e. The highest BCUT2D eigenvalue weighted by Crippen LogP contribution is 2.44. The average molecular weight is 1100 g/mol. The van der Waals surface area contributed by atoms with Crippen LogP contribution < -0.4 is 10.7 Å². The molecule has 0 radical (unpaired) electrons. The Morgan fingerprint density at radius 3 is 1.74 bits per heavy atom. The SMILES string of the molecule is CCCCCCCC/C=C\CCCCCCCC(=O)OCC(COP(=O)(O)OCCNC(=O)c1ccc(-c2c3ccc(=O)cc-3oc3cc(O)ccc23)c(C(=O)O)c1)OC(=O)CCCCCCC/C=C\CCCCCCCC. The maximum Gasteiger partial charge on any atom is 0.472 e. The van der Waals surface area contributed by atoms with Gasteiger partial charge in [-0.3, -0.25) is 28.2 Å². The van der Waals surface area contributed by atoms with Crippen LogP contribution in [0.3, 0.4) is 0 Å². The number of amides is 1. The zero-order valence-electron chi connectivity index (χ0n) is 46.5. The summed E-state index contributed by atoms with van der Waals surface area (Å²) in [6.45, 7) is 2.70. The highest BCUT2D eigenvalue weighted by atomic mass is 31.2. The number of hydrogen-bond acceptors (Lipinski definition) is 12. The lowest BCUT2D eigenvalue weighted by Crippen LogP contribution is -2.30. The molecule has 1 amide bonds. The topological polar surface area (TPSA) is 225 Å². The molecule has 2 aromatic rings. The second-order valence-electron chi connectivity index (χ2n) is 20.2. The number of allylic oxidation sites excluding steroid dienone is 4. The number of phosphoric acid groups is 1. The molecule has 15 nitrogen and oxygen atoms in total. The van der Waals surface area contributed by atoms with E-state index < -0.39 is 51.0 Å². The number of phenolic OH excluding ortho intramolecular Hbond substituents is 1. The number of ether oxygens (including phenoxy) is 2. The van der Waals surface area contributed by atoms with Gasteiger partial charge >= 0.3 is 25.7 Å². The fourth-order valence-corrected chi connectivity index (χ4v) is 9.92. The van der Waals surface area contributed by atoms with Gasteiger partial charge in [-0.2, -0.15) is 0 Å². The predicted octanol–water partition coefficient (Wildman–Crippen LogP) is 15.4. The lowest BCUT2D eigenvalue weighted by atomic mass is 9.90. The smallest absolute Gasteiger partial charge is 0.472 e. The normalized spacial score (nSPS) is 12.9. The van der Waals surface area contributed by atoms with Crippen molar-refractivity contribution >= 4 is 42.6 Å². The number of nitrogens with one attached hydrogen (secondary N) is 1. The molecule has 2 unspecified atom stereocenters. The molecule has 4 rings (SSSR count). The Bertz CT molecular complexity index is 2550. The quantitative estimate of drug-likeness (QED) is 0.0106. The van der Waals surface area contributed by atoms with Crippen LogP contribution in [-0.4, -0.2) is 71.4 Å². The van der Waals surface area contributed by atoms with Gasteiger partial charge in [0.25, 0.3) is 5.91 Å². The second kappa shape index (κ2) is 38.1. The van der Waals surface area contributed by atoms with Crippen molar-refractivity contribution in [2.45, 2.75) is 200 Å². The fourth-order valence-electron chi connectivity index (χ4n) is 9.17. The van der Waals surface area contributed by atoms with Gasteiger partial charge in [0.1, 0.15) is 23.7 Å². The third-order valence-corrected chi connectivity index (χ3v) is 14.5. The van der Waals surface area contributed by atoms with Gasteiger partial charge in [0.2, 0.25) is 0 Å². The number of benzene rings is 3. The molecule has 1 aliphatic carbocycles. The summed E-state index contributed by atoms with van der Waals surface area (Å²) in [6, 6.07) is 12.5. The van der Waals surface area contributed by atoms with Crippen molar-refractivity contribution in [2.75, 3.05) is 26.4 Å². The van der Waals surface area contributed by atoms with Crippen LogP contribution in [0.25, 0.3) is 33.4 Å². The zero-order valence-corrected chi connectivity index (χ0v) is 47.4. The Morgan fingerprint density at radius 1 is 0.628 bits per heavy atom. The first-order valence-electron chi connectivity index (χ1n) is 28.9. The van der Waals surface area contributed by atoms with E-state index in [4.69, 9.17) is 22.9 Å². The van der Waals surface area contributed by atoms with Crippen LogP contribution in [0.5, 0.6) is 5.75 Å². The molecule has 78 heavy (non-hydrogen) atoms. The summed E-state index contributed by atoms with van der Waals surface area (Å²) in [5.41, 5.74) is 0.652. The maximum atomic E-state index is 13.3. The van der Waals surface area contributed by atoms with E-state index in [0.29, 0.717) is 29.4 Å². The number of carboxylic acid groups (broad SMARTS) is 1. The summed E-state index contributed by atoms with van der Waals surface area (Å²) < 4.78 is 40.3. The molecule has 16 heteroatoms. The summed E-state index contributed by atoms with van der Waals surface area (Å²) in [5, 5.41) is 23.4. The van der Waals surface area contributed by atoms with Crippen molar-refractivity contribution in [3.05, 3.63) is 100 Å². The molecule has 0 bridgehead atoms. The van der Waals surface area contributed by atoms with Gasteiger partial charge in [0.15, 0.2) is 11.5 Å². The Kier molecular flexibility index (Phi) is 31.7. The minimum atomic E-state index is -4.79. The Labute approximate surface area is 462 Å². The number of phenols is 1. The highest BCUT2D eigenvalue weighted by molar-refractivity contribution is 7.47. The summed E-state index contributed by atoms with van der Waals surface area (Å²) in [6.07, 6.45) is 37.3. The van der Waals surface area contributed by atoms with Gasteiger partial charge in [0, 0.05) is 53.6 Å². The van der Waals surface area contributed by atoms with E-state index in [1.54, 1.807) is 6.07 Å². The van der Waals surface area contributed by atoms with Crippen molar-refractivity contribution in [1.29, 1.82) is 0 Å². The molecule has 2 aromatic carbocycles. The third-order valence-electron chi connectivity index (χ3n) is 13.5. The first kappa shape index (κ1) is 64.9. The Morgan fingerprint density at radius 2 is 1.17 bits per heavy atom. The maximum absolute atomic E-state index is 13.3. The van der Waals surface area contributed by atoms with E-state index in [2.05, 4.69) is 43.5 Å². The number of aromatic carboxylic acids is 1. The molecule has 0 saturated carbocycles. The Hall–Kier alpha value is -5.60. The first-order chi connectivity index (χ1) is 37.8. The van der Waals surface area contributed by atoms with E-state index in [1.807, 2.05) is 0 Å². The number of rotatable bonds is 43. The van der Waals surface area contributed by atoms with Gasteiger partial charge in [-0.1, -0.05) is 147 Å². The highest BCUT2D eigenvalue weighted by Gasteiger charge is 2.27. The van der Waals surface area contributed by atoms with Crippen LogP contribution in [0, 0.1) is 0 Å². The largest absolute Gasteiger partial charge is 0.508 e. The monoisotopic (exact) mass is 1100 g/mol. The molecular formula is C62H88NO14P. The summed E-state index contributed by atoms with van der Waals surface area (Å²) in [4.78, 5) is 74.4. The van der Waals surface area contributed by atoms with Crippen LogP contribution in [0.2, 0.25) is 0 Å². The summed E-state index contributed by atoms with van der Waals surface area (Å²) in [7, 11) is -4.79. The van der Waals surface area contributed by atoms with Crippen LogP contribution in [-0.2, 0) is 32.7 Å². The lowest BCUT2D eigenvalue weighted by Gasteiger charge is -2.20. The van der Waals surface area contributed by atoms with E-state index in [9.17, 15) is 43.6 Å². The molecule has 0 saturated heterocycles. The van der Waals surface area contributed by atoms with Gasteiger partial charge in [0.05, 0.1) is 18.8 Å². The van der Waals surface area contributed by atoms with Gasteiger partial charge in [-0.25, -0.2) is 9.36 Å². The van der Waals surface area contributed by atoms with Gasteiger partial charge in [-0.05, 0) is 106 Å². The minimum absolute atomic E-state index is 0.0356. The van der Waals surface area contributed by atoms with Crippen molar-refractivity contribution in [3.63, 3.8) is 0 Å². The average Bonchev–Trinajstić information content (AvgIpc) is 3.53. The van der Waals surface area contributed by atoms with Crippen LogP contribution in [0.15, 0.2) is 88.1 Å². The summed E-state index contributed by atoms with van der Waals surface area (Å²) >= 11 is 0.